The zero-order chi connectivity index (χ0) is 15.6. The highest BCUT2D eigenvalue weighted by molar-refractivity contribution is 6.30. The Balaban J connectivity index is 2.44. The molecule has 0 bridgehead atoms. The van der Waals surface area contributed by atoms with Gasteiger partial charge in [-0.05, 0) is 12.1 Å². The first-order valence-electron chi connectivity index (χ1n) is 6.12. The SMILES string of the molecule is CC(C)c1ncc(Oc2cccc(Cl)c2F)c(C(=O)O)n1. The van der Waals surface area contributed by atoms with Gasteiger partial charge in [-0.25, -0.2) is 19.2 Å². The number of carbonyl (C=O) groups is 1. The van der Waals surface area contributed by atoms with Crippen LogP contribution in [0.25, 0.3) is 0 Å². The van der Waals surface area contributed by atoms with E-state index >= 15 is 0 Å². The highest BCUT2D eigenvalue weighted by Crippen LogP contribution is 2.30. The van der Waals surface area contributed by atoms with Crippen LogP contribution in [0.1, 0.15) is 36.1 Å². The molecule has 0 radical (unpaired) electrons. The average Bonchev–Trinajstić information content (AvgIpc) is 2.43. The maximum absolute atomic E-state index is 13.8. The van der Waals surface area contributed by atoms with Crippen LogP contribution >= 0.6 is 11.6 Å². The summed E-state index contributed by atoms with van der Waals surface area (Å²) in [5, 5.41) is 9.06. The fourth-order valence-electron chi connectivity index (χ4n) is 1.57. The molecule has 0 amide bonds. The lowest BCUT2D eigenvalue weighted by atomic mass is 10.2. The fraction of sp³-hybridized carbons (Fsp3) is 0.214. The van der Waals surface area contributed by atoms with Crippen molar-refractivity contribution in [2.24, 2.45) is 0 Å². The van der Waals surface area contributed by atoms with Gasteiger partial charge < -0.3 is 9.84 Å². The molecule has 1 aromatic heterocycles. The number of nitrogens with zero attached hydrogens (tertiary/aromatic N) is 2. The number of aromatic carboxylic acids is 1. The summed E-state index contributed by atoms with van der Waals surface area (Å²) >= 11 is 5.65. The largest absolute Gasteiger partial charge is 0.476 e. The normalized spacial score (nSPS) is 10.7. The van der Waals surface area contributed by atoms with Gasteiger partial charge in [0, 0.05) is 5.92 Å². The Bertz CT molecular complexity index is 692. The van der Waals surface area contributed by atoms with Crippen LogP contribution in [0.15, 0.2) is 24.4 Å². The summed E-state index contributed by atoms with van der Waals surface area (Å²) in [4.78, 5) is 19.2. The number of aromatic nitrogens is 2. The summed E-state index contributed by atoms with van der Waals surface area (Å²) < 4.78 is 19.0. The number of carboxylic acids is 1. The van der Waals surface area contributed by atoms with Gasteiger partial charge in [0.15, 0.2) is 23.0 Å². The summed E-state index contributed by atoms with van der Waals surface area (Å²) in [6.45, 7) is 3.66. The summed E-state index contributed by atoms with van der Waals surface area (Å²) in [5.41, 5.74) is -0.326. The van der Waals surface area contributed by atoms with Crippen molar-refractivity contribution in [3.05, 3.63) is 46.8 Å². The Labute approximate surface area is 125 Å². The number of rotatable bonds is 4. The average molecular weight is 311 g/mol. The van der Waals surface area contributed by atoms with Crippen molar-refractivity contribution in [2.45, 2.75) is 19.8 Å². The van der Waals surface area contributed by atoms with Gasteiger partial charge in [-0.3, -0.25) is 0 Å². The Morgan fingerprint density at radius 1 is 1.38 bits per heavy atom. The second-order valence-corrected chi connectivity index (χ2v) is 4.96. The zero-order valence-electron chi connectivity index (χ0n) is 11.3. The van der Waals surface area contributed by atoms with Crippen molar-refractivity contribution in [2.75, 3.05) is 0 Å². The van der Waals surface area contributed by atoms with E-state index in [0.717, 1.165) is 0 Å². The summed E-state index contributed by atoms with van der Waals surface area (Å²) in [7, 11) is 0. The van der Waals surface area contributed by atoms with Crippen LogP contribution in [-0.2, 0) is 0 Å². The summed E-state index contributed by atoms with van der Waals surface area (Å²) in [6, 6.07) is 4.19. The van der Waals surface area contributed by atoms with Crippen molar-refractivity contribution in [3.63, 3.8) is 0 Å². The van der Waals surface area contributed by atoms with E-state index in [4.69, 9.17) is 16.3 Å². The molecule has 0 unspecified atom stereocenters. The molecule has 7 heteroatoms. The fourth-order valence-corrected chi connectivity index (χ4v) is 1.74. The van der Waals surface area contributed by atoms with Crippen molar-refractivity contribution < 1.29 is 19.0 Å². The molecular weight excluding hydrogens is 299 g/mol. The second-order valence-electron chi connectivity index (χ2n) is 4.55. The molecule has 1 heterocycles. The third-order valence-electron chi connectivity index (χ3n) is 2.63. The van der Waals surface area contributed by atoms with E-state index in [-0.39, 0.29) is 28.1 Å². The molecule has 0 aliphatic heterocycles. The van der Waals surface area contributed by atoms with E-state index in [0.29, 0.717) is 5.82 Å². The molecule has 1 N–H and O–H groups in total. The predicted octanol–water partition coefficient (Wildman–Crippen LogP) is 3.88. The van der Waals surface area contributed by atoms with Gasteiger partial charge in [-0.2, -0.15) is 0 Å². The Kier molecular flexibility index (Phi) is 4.37. The molecule has 0 fully saturated rings. The molecule has 0 atom stereocenters. The van der Waals surface area contributed by atoms with Crippen molar-refractivity contribution in [3.8, 4) is 11.5 Å². The molecule has 0 aliphatic carbocycles. The monoisotopic (exact) mass is 310 g/mol. The van der Waals surface area contributed by atoms with Crippen LogP contribution in [0, 0.1) is 5.82 Å². The summed E-state index contributed by atoms with van der Waals surface area (Å²) in [5.74, 6) is -2.06. The number of halogens is 2. The van der Waals surface area contributed by atoms with Gasteiger partial charge in [0.2, 0.25) is 0 Å². The quantitative estimate of drug-likeness (QED) is 0.927. The second kappa shape index (κ2) is 6.05. The Morgan fingerprint density at radius 2 is 2.10 bits per heavy atom. The molecular formula is C14H12ClFN2O3. The van der Waals surface area contributed by atoms with E-state index in [1.165, 1.54) is 24.4 Å². The Morgan fingerprint density at radius 3 is 2.71 bits per heavy atom. The van der Waals surface area contributed by atoms with Crippen LogP contribution < -0.4 is 4.74 Å². The highest BCUT2D eigenvalue weighted by atomic mass is 35.5. The van der Waals surface area contributed by atoms with E-state index in [2.05, 4.69) is 9.97 Å². The lowest BCUT2D eigenvalue weighted by Gasteiger charge is -2.11. The first-order valence-corrected chi connectivity index (χ1v) is 6.50. The lowest BCUT2D eigenvalue weighted by molar-refractivity contribution is 0.0686. The van der Waals surface area contributed by atoms with Crippen LogP contribution in [0.4, 0.5) is 4.39 Å². The smallest absolute Gasteiger partial charge is 0.358 e. The molecule has 1 aromatic carbocycles. The molecule has 0 saturated carbocycles. The molecule has 21 heavy (non-hydrogen) atoms. The molecule has 0 saturated heterocycles. The van der Waals surface area contributed by atoms with E-state index in [1.807, 2.05) is 13.8 Å². The number of hydrogen-bond acceptors (Lipinski definition) is 4. The third-order valence-corrected chi connectivity index (χ3v) is 2.92. The van der Waals surface area contributed by atoms with Crippen LogP contribution in [0.3, 0.4) is 0 Å². The maximum Gasteiger partial charge on any atom is 0.358 e. The van der Waals surface area contributed by atoms with Gasteiger partial charge in [-0.1, -0.05) is 31.5 Å². The molecule has 2 aromatic rings. The minimum absolute atomic E-state index is 0.0416. The highest BCUT2D eigenvalue weighted by Gasteiger charge is 2.19. The van der Waals surface area contributed by atoms with Gasteiger partial charge in [0.1, 0.15) is 5.82 Å². The van der Waals surface area contributed by atoms with E-state index in [1.54, 1.807) is 0 Å². The minimum Gasteiger partial charge on any atom is -0.476 e. The van der Waals surface area contributed by atoms with Crippen LogP contribution in [0.5, 0.6) is 11.5 Å². The topological polar surface area (TPSA) is 72.3 Å². The molecule has 110 valence electrons. The van der Waals surface area contributed by atoms with Gasteiger partial charge in [0.25, 0.3) is 0 Å². The third kappa shape index (κ3) is 3.28. The van der Waals surface area contributed by atoms with Crippen LogP contribution in [-0.4, -0.2) is 21.0 Å². The van der Waals surface area contributed by atoms with Crippen molar-refractivity contribution in [1.82, 2.24) is 9.97 Å². The van der Waals surface area contributed by atoms with Crippen molar-refractivity contribution >= 4 is 17.6 Å². The molecule has 0 spiro atoms. The first-order chi connectivity index (χ1) is 9.90. The molecule has 2 rings (SSSR count). The number of hydrogen-bond donors (Lipinski definition) is 1. The van der Waals surface area contributed by atoms with Crippen molar-refractivity contribution in [1.29, 1.82) is 0 Å². The predicted molar refractivity (Wildman–Crippen MR) is 74.6 cm³/mol. The Hall–Kier alpha value is -2.21. The number of benzene rings is 1. The lowest BCUT2D eigenvalue weighted by Crippen LogP contribution is -2.09. The first kappa shape index (κ1) is 15.2. The zero-order valence-corrected chi connectivity index (χ0v) is 12.1. The van der Waals surface area contributed by atoms with E-state index < -0.39 is 11.8 Å². The van der Waals surface area contributed by atoms with Gasteiger partial charge in [0.05, 0.1) is 11.2 Å². The standard InChI is InChI=1S/C14H12ClFN2O3/c1-7(2)13-17-6-10(12(18-13)14(19)20)21-9-5-3-4-8(15)11(9)16/h3-7H,1-2H3,(H,19,20). The minimum atomic E-state index is -1.28. The summed E-state index contributed by atoms with van der Waals surface area (Å²) in [6.07, 6.45) is 1.21. The van der Waals surface area contributed by atoms with Gasteiger partial charge in [-0.15, -0.1) is 0 Å². The van der Waals surface area contributed by atoms with E-state index in [9.17, 15) is 14.3 Å². The van der Waals surface area contributed by atoms with Crippen LogP contribution in [0.2, 0.25) is 5.02 Å². The maximum atomic E-state index is 13.8. The number of ether oxygens (including phenoxy) is 1. The number of carboxylic acid groups (broad SMARTS) is 1. The van der Waals surface area contributed by atoms with Gasteiger partial charge >= 0.3 is 5.97 Å². The molecule has 0 aliphatic rings. The molecule has 5 nitrogen and oxygen atoms in total.